The average Bonchev–Trinajstić information content (AvgIpc) is 3.23. The number of hydrogen-bond acceptors (Lipinski definition) is 7. The fraction of sp³-hybridized carbons (Fsp3) is 0.0952. The van der Waals surface area contributed by atoms with Crippen LogP contribution in [0.15, 0.2) is 59.5 Å². The van der Waals surface area contributed by atoms with Crippen LogP contribution in [0.4, 0.5) is 10.7 Å². The van der Waals surface area contributed by atoms with Crippen LogP contribution in [0, 0.1) is 0 Å². The average molecular weight is 391 g/mol. The number of pyridine rings is 1. The fourth-order valence-electron chi connectivity index (χ4n) is 2.82. The molecule has 0 atom stereocenters. The van der Waals surface area contributed by atoms with E-state index in [2.05, 4.69) is 15.3 Å². The predicted molar refractivity (Wildman–Crippen MR) is 109 cm³/mol. The molecule has 1 aromatic carbocycles. The maximum Gasteiger partial charge on any atom is 0.344 e. The number of thiophene rings is 1. The molecule has 0 fully saturated rings. The number of aromatic nitrogens is 1. The van der Waals surface area contributed by atoms with Gasteiger partial charge in [-0.2, -0.15) is 0 Å². The topological polar surface area (TPSA) is 83.8 Å². The first-order valence-electron chi connectivity index (χ1n) is 8.73. The normalized spacial score (nSPS) is 13.5. The summed E-state index contributed by atoms with van der Waals surface area (Å²) >= 11 is 1.27. The van der Waals surface area contributed by atoms with Crippen molar-refractivity contribution in [2.24, 2.45) is 4.99 Å². The van der Waals surface area contributed by atoms with Crippen LogP contribution in [0.2, 0.25) is 0 Å². The van der Waals surface area contributed by atoms with E-state index in [0.29, 0.717) is 15.6 Å². The number of para-hydroxylation sites is 1. The van der Waals surface area contributed by atoms with Crippen molar-refractivity contribution in [3.63, 3.8) is 0 Å². The zero-order valence-electron chi connectivity index (χ0n) is 15.0. The Morgan fingerprint density at radius 2 is 2.11 bits per heavy atom. The third-order valence-electron chi connectivity index (χ3n) is 4.08. The lowest BCUT2D eigenvalue weighted by Crippen LogP contribution is -2.20. The number of nitrogens with zero attached hydrogens (tertiary/aromatic N) is 2. The number of rotatable bonds is 5. The number of carbonyl (C=O) groups excluding carboxylic acids is 1. The molecule has 1 aliphatic rings. The van der Waals surface area contributed by atoms with Gasteiger partial charge >= 0.3 is 5.97 Å². The van der Waals surface area contributed by atoms with Gasteiger partial charge in [-0.15, -0.1) is 11.3 Å². The molecule has 140 valence electrons. The summed E-state index contributed by atoms with van der Waals surface area (Å²) in [6.07, 6.45) is 7.05. The first-order valence-corrected chi connectivity index (χ1v) is 9.54. The van der Waals surface area contributed by atoms with Crippen LogP contribution < -0.4 is 15.9 Å². The highest BCUT2D eigenvalue weighted by Crippen LogP contribution is 2.42. The summed E-state index contributed by atoms with van der Waals surface area (Å²) in [6, 6.07) is 11.3. The monoisotopic (exact) mass is 391 g/mol. The quantitative estimate of drug-likeness (QED) is 0.653. The zero-order valence-corrected chi connectivity index (χ0v) is 15.9. The van der Waals surface area contributed by atoms with Crippen LogP contribution in [0.5, 0.6) is 5.75 Å². The third-order valence-corrected chi connectivity index (χ3v) is 5.12. The molecule has 3 aromatic rings. The minimum absolute atomic E-state index is 0.118. The minimum Gasteiger partial charge on any atom is -0.505 e. The summed E-state index contributed by atoms with van der Waals surface area (Å²) in [7, 11) is 0. The summed E-state index contributed by atoms with van der Waals surface area (Å²) in [5.74, 6) is -0.689. The van der Waals surface area contributed by atoms with E-state index >= 15 is 0 Å². The van der Waals surface area contributed by atoms with Crippen molar-refractivity contribution in [2.45, 2.75) is 6.92 Å². The minimum atomic E-state index is -0.570. The Balaban J connectivity index is 1.76. The molecule has 1 aliphatic heterocycles. The molecule has 2 aromatic heterocycles. The zero-order chi connectivity index (χ0) is 19.5. The highest BCUT2D eigenvalue weighted by Gasteiger charge is 2.24. The van der Waals surface area contributed by atoms with E-state index in [1.165, 1.54) is 11.3 Å². The van der Waals surface area contributed by atoms with Crippen molar-refractivity contribution >= 4 is 40.1 Å². The lowest BCUT2D eigenvalue weighted by Gasteiger charge is -2.07. The Morgan fingerprint density at radius 3 is 2.86 bits per heavy atom. The Labute approximate surface area is 165 Å². The van der Waals surface area contributed by atoms with Gasteiger partial charge < -0.3 is 15.2 Å². The maximum absolute atomic E-state index is 12.4. The van der Waals surface area contributed by atoms with Crippen LogP contribution in [0.1, 0.15) is 22.2 Å². The number of ether oxygens (including phenoxy) is 1. The van der Waals surface area contributed by atoms with E-state index in [0.717, 1.165) is 16.3 Å². The Kier molecular flexibility index (Phi) is 4.90. The number of carbonyl (C=O) groups is 1. The fourth-order valence-corrected chi connectivity index (χ4v) is 3.87. The van der Waals surface area contributed by atoms with Crippen LogP contribution in [-0.2, 0) is 4.74 Å². The molecule has 0 unspecified atom stereocenters. The maximum atomic E-state index is 12.4. The second-order valence-corrected chi connectivity index (χ2v) is 7.04. The number of fused-ring (bicyclic) bond motifs is 1. The highest BCUT2D eigenvalue weighted by molar-refractivity contribution is 7.17. The van der Waals surface area contributed by atoms with Gasteiger partial charge in [0.05, 0.1) is 22.5 Å². The van der Waals surface area contributed by atoms with Gasteiger partial charge in [0.25, 0.3) is 0 Å². The van der Waals surface area contributed by atoms with Crippen LogP contribution in [0.3, 0.4) is 0 Å². The first kappa shape index (κ1) is 17.9. The van der Waals surface area contributed by atoms with Gasteiger partial charge in [-0.25, -0.2) is 9.79 Å². The molecule has 0 saturated heterocycles. The summed E-state index contributed by atoms with van der Waals surface area (Å²) in [5, 5.41) is 16.2. The van der Waals surface area contributed by atoms with Crippen molar-refractivity contribution in [2.75, 3.05) is 11.9 Å². The van der Waals surface area contributed by atoms with Gasteiger partial charge in [-0.05, 0) is 37.3 Å². The second kappa shape index (κ2) is 7.66. The van der Waals surface area contributed by atoms with Crippen molar-refractivity contribution in [3.05, 3.63) is 75.5 Å². The molecular weight excluding hydrogens is 374 g/mol. The molecule has 0 radical (unpaired) electrons. The molecule has 2 N–H and O–H groups in total. The van der Waals surface area contributed by atoms with Gasteiger partial charge in [0.1, 0.15) is 16.3 Å². The molecule has 0 spiro atoms. The number of esters is 1. The molecule has 0 amide bonds. The SMILES string of the molecule is CCOC(=O)c1c(Nc2ccccc2)sc(/C=C2\C=c3cnccc3=N2)c1O. The summed E-state index contributed by atoms with van der Waals surface area (Å²) < 4.78 is 5.13. The number of hydrogen-bond donors (Lipinski definition) is 2. The van der Waals surface area contributed by atoms with Gasteiger partial charge in [0.2, 0.25) is 0 Å². The molecule has 3 heterocycles. The van der Waals surface area contributed by atoms with Gasteiger partial charge in [0.15, 0.2) is 0 Å². The largest absolute Gasteiger partial charge is 0.505 e. The number of aromatic hydroxyl groups is 1. The molecule has 0 aliphatic carbocycles. The Hall–Kier alpha value is -3.45. The molecule has 28 heavy (non-hydrogen) atoms. The molecule has 0 bridgehead atoms. The molecule has 7 heteroatoms. The predicted octanol–water partition coefficient (Wildman–Crippen LogP) is 3.22. The summed E-state index contributed by atoms with van der Waals surface area (Å²) in [6.45, 7) is 1.95. The summed E-state index contributed by atoms with van der Waals surface area (Å²) in [4.78, 5) is 21.6. The van der Waals surface area contributed by atoms with E-state index < -0.39 is 5.97 Å². The lowest BCUT2D eigenvalue weighted by atomic mass is 10.2. The molecule has 0 saturated carbocycles. The molecule has 4 rings (SSSR count). The first-order chi connectivity index (χ1) is 13.7. The van der Waals surface area contributed by atoms with Gasteiger partial charge in [-0.3, -0.25) is 4.98 Å². The van der Waals surface area contributed by atoms with E-state index in [9.17, 15) is 9.90 Å². The van der Waals surface area contributed by atoms with E-state index in [-0.39, 0.29) is 17.9 Å². The van der Waals surface area contributed by atoms with Crippen molar-refractivity contribution in [3.8, 4) is 5.75 Å². The van der Waals surface area contributed by atoms with Gasteiger partial charge in [0, 0.05) is 23.3 Å². The van der Waals surface area contributed by atoms with E-state index in [1.54, 1.807) is 25.4 Å². The highest BCUT2D eigenvalue weighted by atomic mass is 32.1. The van der Waals surface area contributed by atoms with E-state index in [1.807, 2.05) is 42.5 Å². The lowest BCUT2D eigenvalue weighted by molar-refractivity contribution is 0.0525. The summed E-state index contributed by atoms with van der Waals surface area (Å²) in [5.41, 5.74) is 1.62. The molecular formula is C21H17N3O3S. The third kappa shape index (κ3) is 3.52. The van der Waals surface area contributed by atoms with E-state index in [4.69, 9.17) is 4.74 Å². The second-order valence-electron chi connectivity index (χ2n) is 5.99. The number of benzene rings is 1. The van der Waals surface area contributed by atoms with Crippen LogP contribution in [0.25, 0.3) is 12.2 Å². The standard InChI is InChI=1S/C21H17N3O3S/c1-2-27-21(26)18-19(25)17(28-20(18)24-14-6-4-3-5-7-14)11-15-10-13-12-22-9-8-16(13)23-15/h3-12,24-25H,2H2,1H3/b15-11+. The number of allylic oxidation sites excluding steroid dienone is 1. The van der Waals surface area contributed by atoms with Crippen molar-refractivity contribution < 1.29 is 14.6 Å². The molecule has 6 nitrogen and oxygen atoms in total. The van der Waals surface area contributed by atoms with Crippen molar-refractivity contribution in [1.82, 2.24) is 4.98 Å². The number of nitrogens with one attached hydrogen (secondary N) is 1. The smallest absolute Gasteiger partial charge is 0.344 e. The van der Waals surface area contributed by atoms with Crippen LogP contribution >= 0.6 is 11.3 Å². The Bertz CT molecular complexity index is 1150. The van der Waals surface area contributed by atoms with Gasteiger partial charge in [-0.1, -0.05) is 18.2 Å². The Morgan fingerprint density at radius 1 is 1.29 bits per heavy atom. The van der Waals surface area contributed by atoms with Crippen LogP contribution in [-0.4, -0.2) is 22.7 Å². The number of anilines is 2. The van der Waals surface area contributed by atoms with Crippen molar-refractivity contribution in [1.29, 1.82) is 0 Å².